The maximum absolute atomic E-state index is 12.3. The Morgan fingerprint density at radius 3 is 2.85 bits per heavy atom. The van der Waals surface area contributed by atoms with E-state index in [1.807, 2.05) is 0 Å². The second kappa shape index (κ2) is 6.51. The van der Waals surface area contributed by atoms with Gasteiger partial charge in [0.25, 0.3) is 0 Å². The van der Waals surface area contributed by atoms with Crippen molar-refractivity contribution in [2.75, 3.05) is 13.7 Å². The zero-order chi connectivity index (χ0) is 14.5. The SMILES string of the molecule is COc1ccc(CNC2CCOC2=O)cc1OC(F)F. The number of carbonyl (C=O) groups is 1. The Bertz CT molecular complexity index is 481. The van der Waals surface area contributed by atoms with E-state index in [9.17, 15) is 13.6 Å². The average molecular weight is 287 g/mol. The van der Waals surface area contributed by atoms with Gasteiger partial charge in [-0.3, -0.25) is 4.79 Å². The minimum Gasteiger partial charge on any atom is -0.493 e. The van der Waals surface area contributed by atoms with Gasteiger partial charge in [0.15, 0.2) is 11.5 Å². The number of rotatable bonds is 6. The van der Waals surface area contributed by atoms with E-state index in [2.05, 4.69) is 10.1 Å². The summed E-state index contributed by atoms with van der Waals surface area (Å²) in [6, 6.07) is 4.36. The van der Waals surface area contributed by atoms with Gasteiger partial charge in [0.1, 0.15) is 6.04 Å². The highest BCUT2D eigenvalue weighted by atomic mass is 19.3. The summed E-state index contributed by atoms with van der Waals surface area (Å²) in [4.78, 5) is 11.3. The number of ether oxygens (including phenoxy) is 3. The molecule has 20 heavy (non-hydrogen) atoms. The summed E-state index contributed by atoms with van der Waals surface area (Å²) in [5.74, 6) is -0.0901. The third-order valence-electron chi connectivity index (χ3n) is 2.93. The molecule has 110 valence electrons. The van der Waals surface area contributed by atoms with Crippen molar-refractivity contribution in [1.82, 2.24) is 5.32 Å². The summed E-state index contributed by atoms with van der Waals surface area (Å²) in [5, 5.41) is 3.01. The molecule has 0 radical (unpaired) electrons. The number of esters is 1. The van der Waals surface area contributed by atoms with Crippen LogP contribution < -0.4 is 14.8 Å². The highest BCUT2D eigenvalue weighted by molar-refractivity contribution is 5.77. The molecule has 7 heteroatoms. The molecule has 1 N–H and O–H groups in total. The molecule has 2 rings (SSSR count). The Balaban J connectivity index is 2.02. The molecule has 1 aromatic rings. The van der Waals surface area contributed by atoms with E-state index >= 15 is 0 Å². The Kier molecular flexibility index (Phi) is 4.73. The lowest BCUT2D eigenvalue weighted by Gasteiger charge is -2.13. The van der Waals surface area contributed by atoms with E-state index < -0.39 is 6.61 Å². The van der Waals surface area contributed by atoms with Crippen LogP contribution in [-0.2, 0) is 16.1 Å². The Labute approximate surface area is 114 Å². The molecule has 0 aromatic heterocycles. The number of benzene rings is 1. The quantitative estimate of drug-likeness (QED) is 0.807. The fourth-order valence-corrected chi connectivity index (χ4v) is 1.94. The minimum atomic E-state index is -2.92. The van der Waals surface area contributed by atoms with Gasteiger partial charge >= 0.3 is 12.6 Å². The molecule has 0 aliphatic carbocycles. The third-order valence-corrected chi connectivity index (χ3v) is 2.93. The van der Waals surface area contributed by atoms with Crippen LogP contribution in [0.25, 0.3) is 0 Å². The maximum atomic E-state index is 12.3. The first-order valence-corrected chi connectivity index (χ1v) is 6.12. The molecule has 1 unspecified atom stereocenters. The molecule has 0 spiro atoms. The summed E-state index contributed by atoms with van der Waals surface area (Å²) in [6.45, 7) is -2.17. The van der Waals surface area contributed by atoms with Crippen molar-refractivity contribution >= 4 is 5.97 Å². The zero-order valence-electron chi connectivity index (χ0n) is 10.9. The van der Waals surface area contributed by atoms with Gasteiger partial charge in [0, 0.05) is 13.0 Å². The number of cyclic esters (lactones) is 1. The normalized spacial score (nSPS) is 18.2. The van der Waals surface area contributed by atoms with Crippen LogP contribution in [0.5, 0.6) is 11.5 Å². The van der Waals surface area contributed by atoms with E-state index in [-0.39, 0.29) is 23.5 Å². The first-order valence-electron chi connectivity index (χ1n) is 6.12. The smallest absolute Gasteiger partial charge is 0.387 e. The predicted octanol–water partition coefficient (Wildman–Crippen LogP) is 1.70. The number of methoxy groups -OCH3 is 1. The number of carbonyl (C=O) groups excluding carboxylic acids is 1. The number of alkyl halides is 2. The summed E-state index contributed by atoms with van der Waals surface area (Å²) < 4.78 is 38.8. The lowest BCUT2D eigenvalue weighted by atomic mass is 10.1. The summed E-state index contributed by atoms with van der Waals surface area (Å²) in [6.07, 6.45) is 0.607. The maximum Gasteiger partial charge on any atom is 0.387 e. The Morgan fingerprint density at radius 2 is 2.25 bits per heavy atom. The Morgan fingerprint density at radius 1 is 1.45 bits per heavy atom. The summed E-state index contributed by atoms with van der Waals surface area (Å²) in [7, 11) is 1.38. The second-order valence-corrected chi connectivity index (χ2v) is 4.25. The highest BCUT2D eigenvalue weighted by Gasteiger charge is 2.25. The van der Waals surface area contributed by atoms with Gasteiger partial charge in [-0.05, 0) is 17.7 Å². The molecule has 1 atom stereocenters. The van der Waals surface area contributed by atoms with Crippen LogP contribution in [-0.4, -0.2) is 32.3 Å². The molecule has 1 aliphatic rings. The van der Waals surface area contributed by atoms with Crippen molar-refractivity contribution in [3.8, 4) is 11.5 Å². The molecule has 5 nitrogen and oxygen atoms in total. The van der Waals surface area contributed by atoms with Gasteiger partial charge in [-0.1, -0.05) is 6.07 Å². The van der Waals surface area contributed by atoms with Gasteiger partial charge in [-0.15, -0.1) is 0 Å². The molecule has 1 aliphatic heterocycles. The van der Waals surface area contributed by atoms with Crippen molar-refractivity contribution < 1.29 is 27.8 Å². The summed E-state index contributed by atoms with van der Waals surface area (Å²) >= 11 is 0. The van der Waals surface area contributed by atoms with Crippen LogP contribution >= 0.6 is 0 Å². The van der Waals surface area contributed by atoms with Gasteiger partial charge in [-0.2, -0.15) is 8.78 Å². The van der Waals surface area contributed by atoms with Gasteiger partial charge in [0.2, 0.25) is 0 Å². The van der Waals surface area contributed by atoms with Crippen molar-refractivity contribution in [1.29, 1.82) is 0 Å². The van der Waals surface area contributed by atoms with E-state index in [4.69, 9.17) is 9.47 Å². The number of nitrogens with one attached hydrogen (secondary N) is 1. The minimum absolute atomic E-state index is 0.0317. The fourth-order valence-electron chi connectivity index (χ4n) is 1.94. The van der Waals surface area contributed by atoms with Crippen LogP contribution in [0.2, 0.25) is 0 Å². The first kappa shape index (κ1) is 14.5. The zero-order valence-corrected chi connectivity index (χ0v) is 10.9. The second-order valence-electron chi connectivity index (χ2n) is 4.25. The lowest BCUT2D eigenvalue weighted by molar-refractivity contribution is -0.139. The molecular weight excluding hydrogens is 272 g/mol. The predicted molar refractivity (Wildman–Crippen MR) is 65.8 cm³/mol. The molecule has 1 heterocycles. The van der Waals surface area contributed by atoms with Crippen molar-refractivity contribution in [2.45, 2.75) is 25.6 Å². The lowest BCUT2D eigenvalue weighted by Crippen LogP contribution is -2.32. The van der Waals surface area contributed by atoms with E-state index in [1.54, 1.807) is 12.1 Å². The molecule has 1 saturated heterocycles. The van der Waals surface area contributed by atoms with Crippen LogP contribution in [0.3, 0.4) is 0 Å². The van der Waals surface area contributed by atoms with E-state index in [1.165, 1.54) is 13.2 Å². The topological polar surface area (TPSA) is 56.8 Å². The largest absolute Gasteiger partial charge is 0.493 e. The fraction of sp³-hybridized carbons (Fsp3) is 0.462. The summed E-state index contributed by atoms with van der Waals surface area (Å²) in [5.41, 5.74) is 0.709. The number of hydrogen-bond acceptors (Lipinski definition) is 5. The number of halogens is 2. The molecular formula is C13H15F2NO4. The molecule has 1 aromatic carbocycles. The van der Waals surface area contributed by atoms with Crippen LogP contribution in [0.1, 0.15) is 12.0 Å². The van der Waals surface area contributed by atoms with Gasteiger partial charge < -0.3 is 19.5 Å². The van der Waals surface area contributed by atoms with Crippen molar-refractivity contribution in [2.24, 2.45) is 0 Å². The van der Waals surface area contributed by atoms with Crippen LogP contribution in [0.15, 0.2) is 18.2 Å². The van der Waals surface area contributed by atoms with Gasteiger partial charge in [-0.25, -0.2) is 0 Å². The molecule has 0 amide bonds. The van der Waals surface area contributed by atoms with Crippen molar-refractivity contribution in [3.63, 3.8) is 0 Å². The van der Waals surface area contributed by atoms with Gasteiger partial charge in [0.05, 0.1) is 13.7 Å². The molecule has 0 bridgehead atoms. The third kappa shape index (κ3) is 3.57. The van der Waals surface area contributed by atoms with E-state index in [0.29, 0.717) is 25.1 Å². The van der Waals surface area contributed by atoms with Crippen LogP contribution in [0.4, 0.5) is 8.78 Å². The average Bonchev–Trinajstić information content (AvgIpc) is 2.81. The first-order chi connectivity index (χ1) is 9.60. The van der Waals surface area contributed by atoms with E-state index in [0.717, 1.165) is 0 Å². The van der Waals surface area contributed by atoms with Crippen LogP contribution in [0, 0.1) is 0 Å². The number of hydrogen-bond donors (Lipinski definition) is 1. The highest BCUT2D eigenvalue weighted by Crippen LogP contribution is 2.29. The molecule has 0 saturated carbocycles. The standard InChI is InChI=1S/C13H15F2NO4/c1-18-10-3-2-8(6-11(10)20-13(14)15)7-16-9-4-5-19-12(9)17/h2-3,6,9,13,16H,4-5,7H2,1H3. The van der Waals surface area contributed by atoms with Crippen molar-refractivity contribution in [3.05, 3.63) is 23.8 Å². The Hall–Kier alpha value is -1.89. The monoisotopic (exact) mass is 287 g/mol. The molecule has 1 fully saturated rings.